The summed E-state index contributed by atoms with van der Waals surface area (Å²) in [6.45, 7) is 9.53. The number of hydrogen-bond donors (Lipinski definition) is 3. The molecule has 0 saturated carbocycles. The molecule has 4 N–H and O–H groups in total. The molecule has 3 amide bonds. The van der Waals surface area contributed by atoms with Crippen LogP contribution in [0.3, 0.4) is 0 Å². The second kappa shape index (κ2) is 14.4. The number of amides is 3. The minimum absolute atomic E-state index is 0.00445. The molecule has 1 aliphatic heterocycles. The fourth-order valence-corrected chi connectivity index (χ4v) is 4.23. The number of anilines is 2. The summed E-state index contributed by atoms with van der Waals surface area (Å²) in [6.07, 6.45) is 6.59. The summed E-state index contributed by atoms with van der Waals surface area (Å²) >= 11 is 0. The first-order valence-electron chi connectivity index (χ1n) is 13.6. The van der Waals surface area contributed by atoms with E-state index in [-0.39, 0.29) is 24.1 Å². The quantitative estimate of drug-likeness (QED) is 0.317. The van der Waals surface area contributed by atoms with E-state index in [1.165, 1.54) is 17.4 Å². The molecule has 10 nitrogen and oxygen atoms in total. The molecular formula is C29H41N7O3. The molecule has 1 aliphatic rings. The number of carbonyl (C=O) groups is 3. The molecule has 1 aromatic heterocycles. The second-order valence-corrected chi connectivity index (χ2v) is 10.3. The van der Waals surface area contributed by atoms with Crippen molar-refractivity contribution in [3.8, 4) is 0 Å². The van der Waals surface area contributed by atoms with Crippen molar-refractivity contribution in [1.82, 2.24) is 25.1 Å². The first kappa shape index (κ1) is 29.8. The number of aryl methyl sites for hydroxylation is 1. The molecule has 1 aromatic carbocycles. The summed E-state index contributed by atoms with van der Waals surface area (Å²) in [5.41, 5.74) is 9.09. The van der Waals surface area contributed by atoms with Crippen molar-refractivity contribution in [3.63, 3.8) is 0 Å². The van der Waals surface area contributed by atoms with E-state index in [0.717, 1.165) is 48.7 Å². The zero-order valence-corrected chi connectivity index (χ0v) is 23.5. The Morgan fingerprint density at radius 1 is 1.18 bits per heavy atom. The van der Waals surface area contributed by atoms with Gasteiger partial charge in [0.1, 0.15) is 0 Å². The topological polar surface area (TPSA) is 134 Å². The third kappa shape index (κ3) is 9.17. The van der Waals surface area contributed by atoms with Crippen molar-refractivity contribution < 1.29 is 14.4 Å². The van der Waals surface area contributed by atoms with E-state index < -0.39 is 5.91 Å². The molecule has 2 aromatic rings. The van der Waals surface area contributed by atoms with Crippen LogP contribution in [0.1, 0.15) is 54.6 Å². The molecule has 0 unspecified atom stereocenters. The summed E-state index contributed by atoms with van der Waals surface area (Å²) in [5, 5.41) is 6.08. The number of aromatic nitrogens is 2. The lowest BCUT2D eigenvalue weighted by Crippen LogP contribution is -2.39. The van der Waals surface area contributed by atoms with Crippen LogP contribution in [-0.2, 0) is 28.9 Å². The van der Waals surface area contributed by atoms with E-state index in [4.69, 9.17) is 10.7 Å². The Morgan fingerprint density at radius 3 is 2.59 bits per heavy atom. The minimum Gasteiger partial charge on any atom is -0.364 e. The number of nitrogens with one attached hydrogen (secondary N) is 2. The summed E-state index contributed by atoms with van der Waals surface area (Å²) in [4.78, 5) is 49.6. The summed E-state index contributed by atoms with van der Waals surface area (Å²) in [7, 11) is 1.62. The second-order valence-electron chi connectivity index (χ2n) is 10.3. The van der Waals surface area contributed by atoms with Crippen molar-refractivity contribution in [2.45, 2.75) is 46.5 Å². The number of rotatable bonds is 14. The lowest BCUT2D eigenvalue weighted by molar-refractivity contribution is -0.131. The number of nitrogens with two attached hydrogens (primary N) is 1. The zero-order valence-electron chi connectivity index (χ0n) is 23.5. The summed E-state index contributed by atoms with van der Waals surface area (Å²) in [6, 6.07) is 7.67. The molecule has 1 saturated heterocycles. The smallest absolute Gasteiger partial charge is 0.271 e. The highest BCUT2D eigenvalue weighted by molar-refractivity contribution is 5.96. The highest BCUT2D eigenvalue weighted by Crippen LogP contribution is 2.22. The van der Waals surface area contributed by atoms with Crippen LogP contribution in [0.25, 0.3) is 0 Å². The predicted molar refractivity (Wildman–Crippen MR) is 153 cm³/mol. The van der Waals surface area contributed by atoms with E-state index in [1.807, 2.05) is 37.3 Å². The van der Waals surface area contributed by atoms with Crippen molar-refractivity contribution in [2.24, 2.45) is 11.7 Å². The Kier molecular flexibility index (Phi) is 11.0. The van der Waals surface area contributed by atoms with Gasteiger partial charge < -0.3 is 21.3 Å². The zero-order chi connectivity index (χ0) is 28.4. The predicted octanol–water partition coefficient (Wildman–Crippen LogP) is 2.46. The van der Waals surface area contributed by atoms with E-state index in [0.29, 0.717) is 31.1 Å². The molecule has 0 atom stereocenters. The molecule has 0 aliphatic carbocycles. The number of primary amides is 1. The molecule has 3 rings (SSSR count). The number of likely N-dealkylation sites (tertiary alicyclic amines) is 1. The van der Waals surface area contributed by atoms with E-state index in [1.54, 1.807) is 7.05 Å². The monoisotopic (exact) mass is 535 g/mol. The van der Waals surface area contributed by atoms with Crippen molar-refractivity contribution in [1.29, 1.82) is 0 Å². The summed E-state index contributed by atoms with van der Waals surface area (Å²) < 4.78 is 0. The van der Waals surface area contributed by atoms with Crippen LogP contribution in [0.15, 0.2) is 36.4 Å². The fourth-order valence-electron chi connectivity index (χ4n) is 4.23. The molecule has 39 heavy (non-hydrogen) atoms. The van der Waals surface area contributed by atoms with Gasteiger partial charge in [-0.2, -0.15) is 0 Å². The third-order valence-corrected chi connectivity index (χ3v) is 6.48. The molecule has 0 bridgehead atoms. The van der Waals surface area contributed by atoms with Crippen molar-refractivity contribution >= 4 is 29.2 Å². The Hall–Kier alpha value is -3.79. The van der Waals surface area contributed by atoms with Gasteiger partial charge in [-0.25, -0.2) is 9.97 Å². The largest absolute Gasteiger partial charge is 0.364 e. The van der Waals surface area contributed by atoms with E-state index in [9.17, 15) is 14.4 Å². The fraction of sp³-hybridized carbons (Fsp3) is 0.483. The number of benzene rings is 1. The maximum atomic E-state index is 12.3. The maximum Gasteiger partial charge on any atom is 0.271 e. The first-order chi connectivity index (χ1) is 18.7. The molecule has 1 fully saturated rings. The standard InChI is InChI=1S/C29H41N7O3/c1-5-23-24(17-20(2)3)34-29(27(33-23)28(30)39)32-22-10-6-9-21(18-22)12-13-31-25(37)19-35(4)26(38)11-7-14-36-15-8-16-36/h6-7,9-11,18,20H,5,8,12-17,19H2,1-4H3,(H2,30,39)(H,31,37)(H,32,34)/b11-7+. The Bertz CT molecular complexity index is 1190. The van der Waals surface area contributed by atoms with Gasteiger partial charge in [0.2, 0.25) is 11.8 Å². The van der Waals surface area contributed by atoms with E-state index >= 15 is 0 Å². The summed E-state index contributed by atoms with van der Waals surface area (Å²) in [5.74, 6) is -0.310. The van der Waals surface area contributed by atoms with Crippen LogP contribution in [0.5, 0.6) is 0 Å². The maximum absolute atomic E-state index is 12.3. The number of hydrogen-bond acceptors (Lipinski definition) is 7. The minimum atomic E-state index is -0.634. The average Bonchev–Trinajstić information content (AvgIpc) is 2.85. The van der Waals surface area contributed by atoms with E-state index in [2.05, 4.69) is 34.4 Å². The molecule has 0 spiro atoms. The Morgan fingerprint density at radius 2 is 1.95 bits per heavy atom. The van der Waals surface area contributed by atoms with Gasteiger partial charge in [0, 0.05) is 31.9 Å². The van der Waals surface area contributed by atoms with Crippen LogP contribution in [0.4, 0.5) is 11.5 Å². The van der Waals surface area contributed by atoms with Gasteiger partial charge in [-0.1, -0.05) is 39.0 Å². The number of nitrogens with zero attached hydrogens (tertiary/aromatic N) is 4. The Labute approximate surface area is 231 Å². The molecular weight excluding hydrogens is 494 g/mol. The van der Waals surface area contributed by atoms with Crippen LogP contribution >= 0.6 is 0 Å². The van der Waals surface area contributed by atoms with Crippen LogP contribution in [0.2, 0.25) is 0 Å². The molecule has 2 heterocycles. The SMILES string of the molecule is CCc1nc(C(N)=O)c(Nc2cccc(CCNC(=O)CN(C)C(=O)/C=C/CN3CCC3)c2)nc1CC(C)C. The van der Waals surface area contributed by atoms with Gasteiger partial charge in [0.15, 0.2) is 11.5 Å². The lowest BCUT2D eigenvalue weighted by atomic mass is 10.0. The molecule has 210 valence electrons. The van der Waals surface area contributed by atoms with Gasteiger partial charge >= 0.3 is 0 Å². The van der Waals surface area contributed by atoms with Gasteiger partial charge in [-0.3, -0.25) is 19.3 Å². The first-order valence-corrected chi connectivity index (χ1v) is 13.6. The van der Waals surface area contributed by atoms with Crippen LogP contribution in [-0.4, -0.2) is 77.3 Å². The van der Waals surface area contributed by atoms with Crippen LogP contribution < -0.4 is 16.4 Å². The Balaban J connectivity index is 1.55. The third-order valence-electron chi connectivity index (χ3n) is 6.48. The number of carbonyl (C=O) groups excluding carboxylic acids is 3. The van der Waals surface area contributed by atoms with Crippen LogP contribution in [0, 0.1) is 5.92 Å². The highest BCUT2D eigenvalue weighted by atomic mass is 16.2. The number of likely N-dealkylation sites (N-methyl/N-ethyl adjacent to an activating group) is 1. The average molecular weight is 536 g/mol. The van der Waals surface area contributed by atoms with Gasteiger partial charge in [-0.15, -0.1) is 0 Å². The van der Waals surface area contributed by atoms with Crippen molar-refractivity contribution in [2.75, 3.05) is 45.1 Å². The normalized spacial score (nSPS) is 13.4. The van der Waals surface area contributed by atoms with Gasteiger partial charge in [0.05, 0.1) is 17.9 Å². The lowest BCUT2D eigenvalue weighted by Gasteiger charge is -2.29. The molecule has 10 heteroatoms. The van der Waals surface area contributed by atoms with Gasteiger partial charge in [-0.05, 0) is 62.4 Å². The van der Waals surface area contributed by atoms with Gasteiger partial charge in [0.25, 0.3) is 5.91 Å². The molecule has 0 radical (unpaired) electrons. The highest BCUT2D eigenvalue weighted by Gasteiger charge is 2.18. The van der Waals surface area contributed by atoms with Crippen molar-refractivity contribution in [3.05, 3.63) is 59.1 Å².